The van der Waals surface area contributed by atoms with Gasteiger partial charge >= 0.3 is 0 Å². The van der Waals surface area contributed by atoms with Crippen LogP contribution in [0, 0.1) is 11.6 Å². The number of benzene rings is 1. The number of hydrogen-bond donors (Lipinski definition) is 1. The summed E-state index contributed by atoms with van der Waals surface area (Å²) in [6, 6.07) is 9.16. The first-order chi connectivity index (χ1) is 10.2. The topological polar surface area (TPSA) is 42.7 Å². The van der Waals surface area contributed by atoms with E-state index in [1.54, 1.807) is 41.5 Å². The van der Waals surface area contributed by atoms with E-state index in [1.165, 1.54) is 18.2 Å². The SMILES string of the molecule is Fc1cccc(F)c1CNc1ccc(-n2cccn2)nc1. The van der Waals surface area contributed by atoms with Crippen molar-refractivity contribution in [2.24, 2.45) is 0 Å². The summed E-state index contributed by atoms with van der Waals surface area (Å²) in [4.78, 5) is 4.23. The van der Waals surface area contributed by atoms with E-state index in [1.807, 2.05) is 0 Å². The number of nitrogens with one attached hydrogen (secondary N) is 1. The minimum atomic E-state index is -0.566. The first kappa shape index (κ1) is 13.2. The maximum atomic E-state index is 13.5. The molecule has 1 N–H and O–H groups in total. The predicted octanol–water partition coefficient (Wildman–Crippen LogP) is 3.16. The van der Waals surface area contributed by atoms with Gasteiger partial charge in [-0.1, -0.05) is 6.07 Å². The number of halogens is 2. The molecule has 1 aromatic carbocycles. The predicted molar refractivity (Wildman–Crippen MR) is 75.0 cm³/mol. The smallest absolute Gasteiger partial charge is 0.153 e. The van der Waals surface area contributed by atoms with Crippen LogP contribution in [0.3, 0.4) is 0 Å². The molecule has 0 saturated heterocycles. The standard InChI is InChI=1S/C15H12F2N4/c16-13-3-1-4-14(17)12(13)10-18-11-5-6-15(19-9-11)21-8-2-7-20-21/h1-9,18H,10H2. The van der Waals surface area contributed by atoms with Crippen molar-refractivity contribution in [3.05, 3.63) is 72.2 Å². The molecule has 21 heavy (non-hydrogen) atoms. The second-order valence-corrected chi connectivity index (χ2v) is 4.41. The Morgan fingerprint density at radius 2 is 1.86 bits per heavy atom. The lowest BCUT2D eigenvalue weighted by Crippen LogP contribution is -2.05. The highest BCUT2D eigenvalue weighted by Gasteiger charge is 2.08. The van der Waals surface area contributed by atoms with Crippen molar-refractivity contribution in [1.29, 1.82) is 0 Å². The first-order valence-electron chi connectivity index (χ1n) is 6.37. The van der Waals surface area contributed by atoms with Crippen LogP contribution in [0.25, 0.3) is 5.82 Å². The van der Waals surface area contributed by atoms with Gasteiger partial charge < -0.3 is 5.32 Å². The zero-order valence-corrected chi connectivity index (χ0v) is 11.0. The molecule has 106 valence electrons. The van der Waals surface area contributed by atoms with E-state index in [0.717, 1.165) is 0 Å². The van der Waals surface area contributed by atoms with Gasteiger partial charge in [0.15, 0.2) is 5.82 Å². The molecule has 6 heteroatoms. The molecule has 0 saturated carbocycles. The number of anilines is 1. The summed E-state index contributed by atoms with van der Waals surface area (Å²) in [5.41, 5.74) is 0.683. The van der Waals surface area contributed by atoms with E-state index in [2.05, 4.69) is 15.4 Å². The van der Waals surface area contributed by atoms with E-state index in [-0.39, 0.29) is 12.1 Å². The molecule has 3 aromatic rings. The molecule has 0 fully saturated rings. The molecule has 0 bridgehead atoms. The molecule has 4 nitrogen and oxygen atoms in total. The third kappa shape index (κ3) is 2.89. The molecule has 0 radical (unpaired) electrons. The van der Waals surface area contributed by atoms with E-state index in [4.69, 9.17) is 0 Å². The third-order valence-electron chi connectivity index (χ3n) is 3.02. The first-order valence-corrected chi connectivity index (χ1v) is 6.37. The van der Waals surface area contributed by atoms with Crippen LogP contribution >= 0.6 is 0 Å². The highest BCUT2D eigenvalue weighted by Crippen LogP contribution is 2.15. The van der Waals surface area contributed by atoms with Crippen LogP contribution in [-0.2, 0) is 6.54 Å². The van der Waals surface area contributed by atoms with Crippen molar-refractivity contribution in [3.8, 4) is 5.82 Å². The van der Waals surface area contributed by atoms with Gasteiger partial charge in [-0.05, 0) is 30.3 Å². The highest BCUT2D eigenvalue weighted by atomic mass is 19.1. The number of hydrogen-bond acceptors (Lipinski definition) is 3. The Labute approximate surface area is 120 Å². The van der Waals surface area contributed by atoms with Gasteiger partial charge in [0.05, 0.1) is 11.9 Å². The van der Waals surface area contributed by atoms with Crippen LogP contribution in [0.5, 0.6) is 0 Å². The molecular weight excluding hydrogens is 274 g/mol. The van der Waals surface area contributed by atoms with Gasteiger partial charge in [0.2, 0.25) is 0 Å². The quantitative estimate of drug-likeness (QED) is 0.801. The zero-order valence-electron chi connectivity index (χ0n) is 11.0. The molecule has 0 spiro atoms. The Kier molecular flexibility index (Phi) is 3.59. The molecule has 0 aliphatic heterocycles. The minimum Gasteiger partial charge on any atom is -0.379 e. The van der Waals surface area contributed by atoms with Crippen LogP contribution in [0.2, 0.25) is 0 Å². The van der Waals surface area contributed by atoms with Crippen molar-refractivity contribution in [2.75, 3.05) is 5.32 Å². The van der Waals surface area contributed by atoms with E-state index in [0.29, 0.717) is 11.5 Å². The summed E-state index contributed by atoms with van der Waals surface area (Å²) in [7, 11) is 0. The summed E-state index contributed by atoms with van der Waals surface area (Å²) in [5, 5.41) is 7.01. The lowest BCUT2D eigenvalue weighted by Gasteiger charge is -2.08. The number of nitrogens with zero attached hydrogens (tertiary/aromatic N) is 3. The van der Waals surface area contributed by atoms with Crippen molar-refractivity contribution < 1.29 is 8.78 Å². The van der Waals surface area contributed by atoms with Crippen LogP contribution in [0.15, 0.2) is 55.0 Å². The van der Waals surface area contributed by atoms with E-state index < -0.39 is 11.6 Å². The van der Waals surface area contributed by atoms with Crippen molar-refractivity contribution in [3.63, 3.8) is 0 Å². The average Bonchev–Trinajstić information content (AvgIpc) is 3.02. The summed E-state index contributed by atoms with van der Waals surface area (Å²) in [6.45, 7) is 0.0568. The van der Waals surface area contributed by atoms with Gasteiger partial charge in [0.25, 0.3) is 0 Å². The molecule has 0 aliphatic rings. The molecule has 2 aromatic heterocycles. The Morgan fingerprint density at radius 3 is 2.48 bits per heavy atom. The van der Waals surface area contributed by atoms with Crippen LogP contribution in [0.4, 0.5) is 14.5 Å². The summed E-state index contributed by atoms with van der Waals surface area (Å²) >= 11 is 0. The summed E-state index contributed by atoms with van der Waals surface area (Å²) < 4.78 is 28.6. The van der Waals surface area contributed by atoms with E-state index >= 15 is 0 Å². The molecular formula is C15H12F2N4. The van der Waals surface area contributed by atoms with Crippen LogP contribution < -0.4 is 5.32 Å². The van der Waals surface area contributed by atoms with Gasteiger partial charge in [0.1, 0.15) is 11.6 Å². The largest absolute Gasteiger partial charge is 0.379 e. The zero-order chi connectivity index (χ0) is 14.7. The van der Waals surface area contributed by atoms with Gasteiger partial charge in [-0.2, -0.15) is 5.10 Å². The molecule has 3 rings (SSSR count). The fourth-order valence-corrected chi connectivity index (χ4v) is 1.92. The fraction of sp³-hybridized carbons (Fsp3) is 0.0667. The Hall–Kier alpha value is -2.76. The Bertz CT molecular complexity index is 704. The maximum Gasteiger partial charge on any atom is 0.153 e. The van der Waals surface area contributed by atoms with Gasteiger partial charge in [-0.15, -0.1) is 0 Å². The van der Waals surface area contributed by atoms with Crippen LogP contribution in [0.1, 0.15) is 5.56 Å². The van der Waals surface area contributed by atoms with Gasteiger partial charge in [0, 0.05) is 24.5 Å². The Morgan fingerprint density at radius 1 is 1.05 bits per heavy atom. The van der Waals surface area contributed by atoms with Gasteiger partial charge in [-0.25, -0.2) is 18.4 Å². The maximum absolute atomic E-state index is 13.5. The molecule has 0 aliphatic carbocycles. The number of aromatic nitrogens is 3. The molecule has 0 unspecified atom stereocenters. The minimum absolute atomic E-state index is 0.00801. The monoisotopic (exact) mass is 286 g/mol. The van der Waals surface area contributed by atoms with Gasteiger partial charge in [-0.3, -0.25) is 0 Å². The fourth-order valence-electron chi connectivity index (χ4n) is 1.92. The molecule has 0 atom stereocenters. The molecule has 2 heterocycles. The third-order valence-corrected chi connectivity index (χ3v) is 3.02. The Balaban J connectivity index is 1.71. The second kappa shape index (κ2) is 5.70. The van der Waals surface area contributed by atoms with Crippen molar-refractivity contribution >= 4 is 5.69 Å². The van der Waals surface area contributed by atoms with Crippen molar-refractivity contribution in [1.82, 2.24) is 14.8 Å². The lowest BCUT2D eigenvalue weighted by atomic mass is 10.2. The summed E-state index contributed by atoms with van der Waals surface area (Å²) in [5.74, 6) is -0.463. The normalized spacial score (nSPS) is 10.6. The van der Waals surface area contributed by atoms with E-state index in [9.17, 15) is 8.78 Å². The summed E-state index contributed by atoms with van der Waals surface area (Å²) in [6.07, 6.45) is 5.04. The highest BCUT2D eigenvalue weighted by molar-refractivity contribution is 5.44. The lowest BCUT2D eigenvalue weighted by molar-refractivity contribution is 0.560. The second-order valence-electron chi connectivity index (χ2n) is 4.41. The average molecular weight is 286 g/mol. The number of rotatable bonds is 4. The van der Waals surface area contributed by atoms with Crippen LogP contribution in [-0.4, -0.2) is 14.8 Å². The molecule has 0 amide bonds. The number of pyridine rings is 1. The van der Waals surface area contributed by atoms with Crippen molar-refractivity contribution in [2.45, 2.75) is 6.54 Å².